The first-order chi connectivity index (χ1) is 8.33. The van der Waals surface area contributed by atoms with Crippen LogP contribution in [0.1, 0.15) is 25.7 Å². The zero-order chi connectivity index (χ0) is 12.1. The molecule has 0 aliphatic heterocycles. The lowest BCUT2D eigenvalue weighted by atomic mass is 9.95. The van der Waals surface area contributed by atoms with Gasteiger partial charge < -0.3 is 10.1 Å². The van der Waals surface area contributed by atoms with Crippen LogP contribution in [0, 0.1) is 0 Å². The molecule has 2 atom stereocenters. The molecule has 1 aromatic carbocycles. The second kappa shape index (κ2) is 6.31. The van der Waals surface area contributed by atoms with Gasteiger partial charge in [0, 0.05) is 16.2 Å². The summed E-state index contributed by atoms with van der Waals surface area (Å²) in [5, 5.41) is 4.12. The summed E-state index contributed by atoms with van der Waals surface area (Å²) in [7, 11) is 3.82. The fourth-order valence-corrected chi connectivity index (χ4v) is 3.81. The highest BCUT2D eigenvalue weighted by Crippen LogP contribution is 2.37. The van der Waals surface area contributed by atoms with E-state index in [-0.39, 0.29) is 0 Å². The van der Waals surface area contributed by atoms with Crippen molar-refractivity contribution in [1.29, 1.82) is 0 Å². The molecule has 0 radical (unpaired) electrons. The molecule has 1 aliphatic rings. The molecular weight excluding hydrogens is 230 g/mol. The van der Waals surface area contributed by atoms with Crippen molar-refractivity contribution in [2.75, 3.05) is 14.2 Å². The van der Waals surface area contributed by atoms with E-state index in [9.17, 15) is 0 Å². The van der Waals surface area contributed by atoms with E-state index in [1.807, 2.05) is 23.9 Å². The summed E-state index contributed by atoms with van der Waals surface area (Å²) in [6.45, 7) is 0. The second-order valence-electron chi connectivity index (χ2n) is 4.54. The van der Waals surface area contributed by atoms with Crippen LogP contribution in [0.4, 0.5) is 0 Å². The van der Waals surface area contributed by atoms with E-state index in [2.05, 4.69) is 24.5 Å². The van der Waals surface area contributed by atoms with E-state index in [1.165, 1.54) is 30.6 Å². The molecule has 1 saturated carbocycles. The Morgan fingerprint density at radius 1 is 1.29 bits per heavy atom. The Morgan fingerprint density at radius 3 is 2.88 bits per heavy atom. The van der Waals surface area contributed by atoms with Gasteiger partial charge in [-0.15, -0.1) is 11.8 Å². The van der Waals surface area contributed by atoms with Crippen LogP contribution in [0.5, 0.6) is 5.75 Å². The summed E-state index contributed by atoms with van der Waals surface area (Å²) < 4.78 is 5.40. The third-order valence-corrected chi connectivity index (χ3v) is 4.75. The number of rotatable bonds is 4. The minimum Gasteiger partial charge on any atom is -0.496 e. The Hall–Kier alpha value is -0.670. The number of ether oxygens (including phenoxy) is 1. The summed E-state index contributed by atoms with van der Waals surface area (Å²) in [5.74, 6) is 1.00. The van der Waals surface area contributed by atoms with Crippen LogP contribution in [0.15, 0.2) is 29.2 Å². The van der Waals surface area contributed by atoms with Crippen molar-refractivity contribution < 1.29 is 4.74 Å². The van der Waals surface area contributed by atoms with E-state index in [0.29, 0.717) is 6.04 Å². The molecule has 0 heterocycles. The Morgan fingerprint density at radius 2 is 2.12 bits per heavy atom. The average molecular weight is 251 g/mol. The molecule has 2 unspecified atom stereocenters. The molecule has 0 aromatic heterocycles. The third kappa shape index (κ3) is 3.39. The van der Waals surface area contributed by atoms with Gasteiger partial charge in [-0.3, -0.25) is 0 Å². The van der Waals surface area contributed by atoms with Crippen molar-refractivity contribution in [2.24, 2.45) is 0 Å². The maximum absolute atomic E-state index is 5.40. The highest BCUT2D eigenvalue weighted by Gasteiger charge is 2.22. The maximum Gasteiger partial charge on any atom is 0.132 e. The Kier molecular flexibility index (Phi) is 4.75. The summed E-state index contributed by atoms with van der Waals surface area (Å²) in [6.07, 6.45) is 5.23. The number of hydrogen-bond donors (Lipinski definition) is 1. The van der Waals surface area contributed by atoms with E-state index in [1.54, 1.807) is 7.11 Å². The van der Waals surface area contributed by atoms with Crippen molar-refractivity contribution in [2.45, 2.75) is 41.9 Å². The van der Waals surface area contributed by atoms with E-state index >= 15 is 0 Å². The molecule has 94 valence electrons. The molecule has 2 rings (SSSR count). The number of hydrogen-bond acceptors (Lipinski definition) is 3. The number of benzene rings is 1. The van der Waals surface area contributed by atoms with Gasteiger partial charge in [-0.2, -0.15) is 0 Å². The first-order valence-electron chi connectivity index (χ1n) is 6.30. The molecule has 2 nitrogen and oxygen atoms in total. The topological polar surface area (TPSA) is 21.3 Å². The number of thioether (sulfide) groups is 1. The van der Waals surface area contributed by atoms with Gasteiger partial charge in [0.1, 0.15) is 5.75 Å². The molecule has 3 heteroatoms. The Bertz CT molecular complexity index is 356. The van der Waals surface area contributed by atoms with Crippen LogP contribution >= 0.6 is 11.8 Å². The summed E-state index contributed by atoms with van der Waals surface area (Å²) in [5.41, 5.74) is 0. The van der Waals surface area contributed by atoms with Gasteiger partial charge in [-0.25, -0.2) is 0 Å². The van der Waals surface area contributed by atoms with Gasteiger partial charge in [0.25, 0.3) is 0 Å². The van der Waals surface area contributed by atoms with Crippen molar-refractivity contribution in [1.82, 2.24) is 5.32 Å². The van der Waals surface area contributed by atoms with Crippen molar-refractivity contribution >= 4 is 11.8 Å². The highest BCUT2D eigenvalue weighted by molar-refractivity contribution is 8.00. The van der Waals surface area contributed by atoms with E-state index in [0.717, 1.165) is 11.0 Å². The lowest BCUT2D eigenvalue weighted by molar-refractivity contribution is 0.398. The first-order valence-corrected chi connectivity index (χ1v) is 7.18. The van der Waals surface area contributed by atoms with Gasteiger partial charge in [-0.05, 0) is 38.4 Å². The first kappa shape index (κ1) is 12.8. The zero-order valence-corrected chi connectivity index (χ0v) is 11.4. The lowest BCUT2D eigenvalue weighted by Crippen LogP contribution is -2.32. The fraction of sp³-hybridized carbons (Fsp3) is 0.571. The lowest BCUT2D eigenvalue weighted by Gasteiger charge is -2.28. The predicted octanol–water partition coefficient (Wildman–Crippen LogP) is 3.32. The van der Waals surface area contributed by atoms with Crippen LogP contribution in [-0.2, 0) is 0 Å². The smallest absolute Gasteiger partial charge is 0.132 e. The molecule has 1 aromatic rings. The van der Waals surface area contributed by atoms with E-state index in [4.69, 9.17) is 4.74 Å². The highest BCUT2D eigenvalue weighted by atomic mass is 32.2. The van der Waals surface area contributed by atoms with Crippen molar-refractivity contribution in [3.05, 3.63) is 24.3 Å². The monoisotopic (exact) mass is 251 g/mol. The van der Waals surface area contributed by atoms with Crippen LogP contribution in [0.2, 0.25) is 0 Å². The van der Waals surface area contributed by atoms with Gasteiger partial charge in [0.05, 0.1) is 7.11 Å². The summed E-state index contributed by atoms with van der Waals surface area (Å²) in [6, 6.07) is 9.01. The summed E-state index contributed by atoms with van der Waals surface area (Å²) >= 11 is 1.97. The maximum atomic E-state index is 5.40. The fourth-order valence-electron chi connectivity index (χ4n) is 2.41. The predicted molar refractivity (Wildman–Crippen MR) is 74.0 cm³/mol. The van der Waals surface area contributed by atoms with Crippen molar-refractivity contribution in [3.8, 4) is 5.75 Å². The molecule has 0 amide bonds. The Balaban J connectivity index is 2.00. The number of para-hydroxylation sites is 1. The third-order valence-electron chi connectivity index (χ3n) is 3.40. The van der Waals surface area contributed by atoms with Crippen LogP contribution < -0.4 is 10.1 Å². The molecule has 1 N–H and O–H groups in total. The van der Waals surface area contributed by atoms with Crippen LogP contribution in [0.3, 0.4) is 0 Å². The SMILES string of the molecule is CNC1CCCC(Sc2ccccc2OC)C1. The molecule has 1 aliphatic carbocycles. The van der Waals surface area contributed by atoms with Crippen LogP contribution in [0.25, 0.3) is 0 Å². The van der Waals surface area contributed by atoms with Gasteiger partial charge in [0.15, 0.2) is 0 Å². The number of methoxy groups -OCH3 is 1. The van der Waals surface area contributed by atoms with Crippen LogP contribution in [-0.4, -0.2) is 25.4 Å². The van der Waals surface area contributed by atoms with Gasteiger partial charge in [0.2, 0.25) is 0 Å². The average Bonchev–Trinajstić information content (AvgIpc) is 2.39. The minimum absolute atomic E-state index is 0.691. The van der Waals surface area contributed by atoms with Crippen molar-refractivity contribution in [3.63, 3.8) is 0 Å². The summed E-state index contributed by atoms with van der Waals surface area (Å²) in [4.78, 5) is 1.27. The quantitative estimate of drug-likeness (QED) is 0.887. The molecule has 0 bridgehead atoms. The number of nitrogens with one attached hydrogen (secondary N) is 1. The molecule has 1 fully saturated rings. The van der Waals surface area contributed by atoms with Gasteiger partial charge >= 0.3 is 0 Å². The van der Waals surface area contributed by atoms with Gasteiger partial charge in [-0.1, -0.05) is 18.6 Å². The molecule has 0 spiro atoms. The zero-order valence-electron chi connectivity index (χ0n) is 10.6. The molecule has 17 heavy (non-hydrogen) atoms. The Labute approximate surface area is 108 Å². The molecular formula is C14H21NOS. The second-order valence-corrected chi connectivity index (χ2v) is 5.89. The molecule has 0 saturated heterocycles. The minimum atomic E-state index is 0.691. The normalized spacial score (nSPS) is 24.6. The largest absolute Gasteiger partial charge is 0.496 e. The standard InChI is InChI=1S/C14H21NOS/c1-15-11-6-5-7-12(10-11)17-14-9-4-3-8-13(14)16-2/h3-4,8-9,11-12,15H,5-7,10H2,1-2H3. The van der Waals surface area contributed by atoms with E-state index < -0.39 is 0 Å².